The molecule has 2 rings (SSSR count). The third-order valence-corrected chi connectivity index (χ3v) is 3.85. The molecule has 1 aromatic carbocycles. The number of benzene rings is 1. The van der Waals surface area contributed by atoms with Crippen molar-refractivity contribution in [3.8, 4) is 6.07 Å². The van der Waals surface area contributed by atoms with Gasteiger partial charge in [-0.05, 0) is 43.0 Å². The molecule has 0 amide bonds. The molecule has 0 saturated carbocycles. The summed E-state index contributed by atoms with van der Waals surface area (Å²) in [5.41, 5.74) is 2.08. The molecule has 3 heteroatoms. The highest BCUT2D eigenvalue weighted by Gasteiger charge is 2.12. The van der Waals surface area contributed by atoms with Gasteiger partial charge in [-0.15, -0.1) is 0 Å². The lowest BCUT2D eigenvalue weighted by molar-refractivity contribution is -0.112. The number of rotatable bonds is 8. The average Bonchev–Trinajstić information content (AvgIpc) is 2.92. The lowest BCUT2D eigenvalue weighted by Crippen LogP contribution is -2.13. The molecule has 0 aliphatic carbocycles. The molecular weight excluding hydrogens is 260 g/mol. The molecule has 3 nitrogen and oxygen atoms in total. The van der Waals surface area contributed by atoms with Gasteiger partial charge in [0, 0.05) is 13.2 Å². The summed E-state index contributed by atoms with van der Waals surface area (Å²) in [6.07, 6.45) is 13.0. The maximum absolute atomic E-state index is 8.75. The van der Waals surface area contributed by atoms with Crippen LogP contribution in [-0.2, 0) is 11.3 Å². The van der Waals surface area contributed by atoms with E-state index >= 15 is 0 Å². The van der Waals surface area contributed by atoms with Gasteiger partial charge in [-0.3, -0.25) is 9.90 Å². The van der Waals surface area contributed by atoms with Gasteiger partial charge in [0.2, 0.25) is 0 Å². The Bertz CT molecular complexity index is 487. The minimum Gasteiger partial charge on any atom is -0.267 e. The van der Waals surface area contributed by atoms with E-state index in [0.717, 1.165) is 18.4 Å². The third kappa shape index (κ3) is 5.61. The highest BCUT2D eigenvalue weighted by molar-refractivity contribution is 5.31. The van der Waals surface area contributed by atoms with Crippen molar-refractivity contribution >= 4 is 0 Å². The monoisotopic (exact) mass is 284 g/mol. The summed E-state index contributed by atoms with van der Waals surface area (Å²) in [4.78, 5) is 5.57. The summed E-state index contributed by atoms with van der Waals surface area (Å²) in [7, 11) is 1.93. The number of nitriles is 1. The molecule has 1 heterocycles. The molecule has 1 atom stereocenters. The Hall–Kier alpha value is -1.79. The Morgan fingerprint density at radius 1 is 1.10 bits per heavy atom. The summed E-state index contributed by atoms with van der Waals surface area (Å²) in [5, 5.41) is 10.5. The van der Waals surface area contributed by atoms with E-state index in [1.165, 1.54) is 37.7 Å². The van der Waals surface area contributed by atoms with Crippen molar-refractivity contribution in [1.29, 1.82) is 5.26 Å². The average molecular weight is 284 g/mol. The number of hydroxylamine groups is 2. The Kier molecular flexibility index (Phi) is 6.30. The fourth-order valence-corrected chi connectivity index (χ4v) is 2.60. The van der Waals surface area contributed by atoms with E-state index in [1.807, 2.05) is 25.4 Å². The minimum absolute atomic E-state index is 0.286. The van der Waals surface area contributed by atoms with Crippen molar-refractivity contribution in [3.63, 3.8) is 0 Å². The van der Waals surface area contributed by atoms with E-state index in [4.69, 9.17) is 10.1 Å². The zero-order chi connectivity index (χ0) is 14.9. The standard InChI is InChI=1S/C18H24N2O/c1-20-14-13-18(21-20)8-6-4-2-3-5-7-16-9-11-17(15-19)12-10-16/h9-14,18H,2-8H2,1H3. The van der Waals surface area contributed by atoms with Gasteiger partial charge in [0.05, 0.1) is 11.6 Å². The van der Waals surface area contributed by atoms with E-state index in [2.05, 4.69) is 24.3 Å². The van der Waals surface area contributed by atoms with E-state index in [0.29, 0.717) is 0 Å². The van der Waals surface area contributed by atoms with Crippen LogP contribution in [0.5, 0.6) is 0 Å². The summed E-state index contributed by atoms with van der Waals surface area (Å²) in [6.45, 7) is 0. The van der Waals surface area contributed by atoms with Gasteiger partial charge in [-0.1, -0.05) is 37.8 Å². The second-order valence-corrected chi connectivity index (χ2v) is 5.65. The highest BCUT2D eigenvalue weighted by Crippen LogP contribution is 2.16. The molecule has 1 aliphatic heterocycles. The normalized spacial score (nSPS) is 17.1. The molecule has 21 heavy (non-hydrogen) atoms. The second-order valence-electron chi connectivity index (χ2n) is 5.65. The molecule has 0 N–H and O–H groups in total. The summed E-state index contributed by atoms with van der Waals surface area (Å²) >= 11 is 0. The van der Waals surface area contributed by atoms with Crippen LogP contribution in [0, 0.1) is 11.3 Å². The van der Waals surface area contributed by atoms with Gasteiger partial charge >= 0.3 is 0 Å². The molecule has 0 spiro atoms. The number of hydrogen-bond donors (Lipinski definition) is 0. The Morgan fingerprint density at radius 3 is 2.48 bits per heavy atom. The molecular formula is C18H24N2O. The van der Waals surface area contributed by atoms with Gasteiger partial charge in [-0.25, -0.2) is 0 Å². The van der Waals surface area contributed by atoms with Crippen LogP contribution in [0.3, 0.4) is 0 Å². The first kappa shape index (κ1) is 15.6. The van der Waals surface area contributed by atoms with Crippen molar-refractivity contribution < 1.29 is 4.84 Å². The van der Waals surface area contributed by atoms with Crippen molar-refractivity contribution in [3.05, 3.63) is 47.7 Å². The lowest BCUT2D eigenvalue weighted by atomic mass is 10.0. The molecule has 0 fully saturated rings. The quantitative estimate of drug-likeness (QED) is 0.671. The molecule has 0 bridgehead atoms. The predicted molar refractivity (Wildman–Crippen MR) is 84.3 cm³/mol. The van der Waals surface area contributed by atoms with Crippen LogP contribution < -0.4 is 0 Å². The van der Waals surface area contributed by atoms with Crippen LogP contribution in [0.15, 0.2) is 36.5 Å². The first-order valence-corrected chi connectivity index (χ1v) is 7.85. The van der Waals surface area contributed by atoms with Crippen LogP contribution in [0.2, 0.25) is 0 Å². The van der Waals surface area contributed by atoms with Crippen LogP contribution in [-0.4, -0.2) is 18.2 Å². The number of unbranched alkanes of at least 4 members (excludes halogenated alkanes) is 4. The van der Waals surface area contributed by atoms with Crippen LogP contribution in [0.4, 0.5) is 0 Å². The minimum atomic E-state index is 0.286. The smallest absolute Gasteiger partial charge is 0.105 e. The van der Waals surface area contributed by atoms with Crippen LogP contribution >= 0.6 is 0 Å². The molecule has 112 valence electrons. The van der Waals surface area contributed by atoms with Gasteiger partial charge in [0.1, 0.15) is 6.10 Å². The molecule has 1 aliphatic rings. The number of aryl methyl sites for hydroxylation is 1. The van der Waals surface area contributed by atoms with Gasteiger partial charge < -0.3 is 0 Å². The molecule has 0 aromatic heterocycles. The SMILES string of the molecule is CN1C=CC(CCCCCCCc2ccc(C#N)cc2)O1. The topological polar surface area (TPSA) is 36.3 Å². The fraction of sp³-hybridized carbons (Fsp3) is 0.500. The second kappa shape index (κ2) is 8.49. The highest BCUT2D eigenvalue weighted by atomic mass is 16.7. The maximum atomic E-state index is 8.75. The van der Waals surface area contributed by atoms with Crippen LogP contribution in [0.25, 0.3) is 0 Å². The molecule has 1 unspecified atom stereocenters. The zero-order valence-corrected chi connectivity index (χ0v) is 12.8. The lowest BCUT2D eigenvalue weighted by Gasteiger charge is -2.12. The Balaban J connectivity index is 1.48. The van der Waals surface area contributed by atoms with Gasteiger partial charge in [0.15, 0.2) is 0 Å². The van der Waals surface area contributed by atoms with E-state index in [-0.39, 0.29) is 6.10 Å². The summed E-state index contributed by atoms with van der Waals surface area (Å²) in [5.74, 6) is 0. The molecule has 0 saturated heterocycles. The Morgan fingerprint density at radius 2 is 1.81 bits per heavy atom. The first-order valence-electron chi connectivity index (χ1n) is 7.85. The Labute approximate surface area is 127 Å². The molecule has 0 radical (unpaired) electrons. The zero-order valence-electron chi connectivity index (χ0n) is 12.8. The van der Waals surface area contributed by atoms with Crippen molar-refractivity contribution in [2.45, 2.75) is 51.0 Å². The van der Waals surface area contributed by atoms with Crippen molar-refractivity contribution in [2.75, 3.05) is 7.05 Å². The summed E-state index contributed by atoms with van der Waals surface area (Å²) < 4.78 is 0. The fourth-order valence-electron chi connectivity index (χ4n) is 2.60. The van der Waals surface area contributed by atoms with Crippen molar-refractivity contribution in [2.24, 2.45) is 0 Å². The number of hydrogen-bond acceptors (Lipinski definition) is 3. The third-order valence-electron chi connectivity index (χ3n) is 3.85. The van der Waals surface area contributed by atoms with E-state index in [9.17, 15) is 0 Å². The van der Waals surface area contributed by atoms with E-state index < -0.39 is 0 Å². The largest absolute Gasteiger partial charge is 0.267 e. The van der Waals surface area contributed by atoms with Gasteiger partial charge in [-0.2, -0.15) is 5.26 Å². The van der Waals surface area contributed by atoms with Crippen molar-refractivity contribution in [1.82, 2.24) is 5.06 Å². The predicted octanol–water partition coefficient (Wildman–Crippen LogP) is 4.20. The molecule has 1 aromatic rings. The first-order chi connectivity index (χ1) is 10.3. The summed E-state index contributed by atoms with van der Waals surface area (Å²) in [6, 6.07) is 10.1. The number of nitrogens with zero attached hydrogens (tertiary/aromatic N) is 2. The van der Waals surface area contributed by atoms with E-state index in [1.54, 1.807) is 5.06 Å². The van der Waals surface area contributed by atoms with Gasteiger partial charge in [0.25, 0.3) is 0 Å². The van der Waals surface area contributed by atoms with Crippen LogP contribution in [0.1, 0.15) is 49.7 Å². The maximum Gasteiger partial charge on any atom is 0.105 e.